The van der Waals surface area contributed by atoms with Crippen molar-refractivity contribution in [2.45, 2.75) is 6.92 Å². The third-order valence-electron chi connectivity index (χ3n) is 3.41. The van der Waals surface area contributed by atoms with Crippen molar-refractivity contribution in [3.05, 3.63) is 46.6 Å². The monoisotopic (exact) mass is 361 g/mol. The number of halogens is 2. The van der Waals surface area contributed by atoms with Crippen LogP contribution in [0.4, 0.5) is 10.6 Å². The van der Waals surface area contributed by atoms with E-state index in [0.29, 0.717) is 16.2 Å². The Balaban J connectivity index is 2.13. The van der Waals surface area contributed by atoms with Gasteiger partial charge in [0.25, 0.3) is 0 Å². The predicted octanol–water partition coefficient (Wildman–Crippen LogP) is 3.17. The molecule has 0 aliphatic carbocycles. The molecule has 0 saturated heterocycles. The molecule has 0 radical (unpaired) electrons. The van der Waals surface area contributed by atoms with E-state index in [0.717, 1.165) is 10.5 Å². The van der Waals surface area contributed by atoms with Crippen molar-refractivity contribution in [2.75, 3.05) is 11.4 Å². The number of fused-ring (bicyclic) bond motifs is 1. The molecule has 0 atom stereocenters. The normalized spacial score (nSPS) is 10.8. The fourth-order valence-electron chi connectivity index (χ4n) is 2.23. The Labute approximate surface area is 147 Å². The molecule has 122 valence electrons. The zero-order valence-electron chi connectivity index (χ0n) is 12.5. The van der Waals surface area contributed by atoms with Crippen LogP contribution in [0, 0.1) is 0 Å². The van der Waals surface area contributed by atoms with Crippen molar-refractivity contribution < 1.29 is 9.90 Å². The highest BCUT2D eigenvalue weighted by Gasteiger charge is 2.13. The molecule has 8 heteroatoms. The van der Waals surface area contributed by atoms with Gasteiger partial charge in [-0.1, -0.05) is 35.3 Å². The van der Waals surface area contributed by atoms with Gasteiger partial charge in [0.2, 0.25) is 0 Å². The maximum atomic E-state index is 11.2. The molecule has 0 saturated carbocycles. The number of benzene rings is 1. The quantitative estimate of drug-likeness (QED) is 0.715. The summed E-state index contributed by atoms with van der Waals surface area (Å²) in [5, 5.41) is 12.1. The Kier molecular flexibility index (Phi) is 4.51. The maximum Gasteiger partial charge on any atom is 0.182 e. The Hall–Kier alpha value is -2.44. The Morgan fingerprint density at radius 1 is 1.21 bits per heavy atom. The van der Waals surface area contributed by atoms with Crippen molar-refractivity contribution in [3.63, 3.8) is 0 Å². The van der Waals surface area contributed by atoms with Gasteiger partial charge in [-0.25, -0.2) is 15.0 Å². The number of hydrogen-bond acceptors (Lipinski definition) is 5. The van der Waals surface area contributed by atoms with Gasteiger partial charge in [-0.3, -0.25) is 0 Å². The molecular formula is C16H11Cl2N4O2-. The molecule has 0 aliphatic heterocycles. The van der Waals surface area contributed by atoms with Crippen LogP contribution >= 0.6 is 23.2 Å². The molecule has 0 aliphatic rings. The van der Waals surface area contributed by atoms with Gasteiger partial charge in [-0.2, -0.15) is 0 Å². The van der Waals surface area contributed by atoms with E-state index in [4.69, 9.17) is 23.2 Å². The van der Waals surface area contributed by atoms with Crippen LogP contribution in [0.25, 0.3) is 22.4 Å². The van der Waals surface area contributed by atoms with Gasteiger partial charge in [0, 0.05) is 23.2 Å². The lowest BCUT2D eigenvalue weighted by atomic mass is 10.1. The summed E-state index contributed by atoms with van der Waals surface area (Å²) in [7, 11) is 0. The number of rotatable bonds is 3. The second-order valence-corrected chi connectivity index (χ2v) is 5.75. The summed E-state index contributed by atoms with van der Waals surface area (Å²) >= 11 is 12.1. The lowest BCUT2D eigenvalue weighted by Crippen LogP contribution is -2.41. The van der Waals surface area contributed by atoms with E-state index >= 15 is 0 Å². The maximum absolute atomic E-state index is 11.2. The molecule has 3 aromatic rings. The molecule has 0 unspecified atom stereocenters. The SMILES string of the molecule is CCN(C(=O)[O-])c1cc(Cl)c2ncc(-c3ccc(Cl)cc3)nc2n1. The largest absolute Gasteiger partial charge is 0.530 e. The number of carbonyl (C=O) groups is 1. The molecule has 0 N–H and O–H groups in total. The minimum Gasteiger partial charge on any atom is -0.530 e. The molecule has 3 rings (SSSR count). The van der Waals surface area contributed by atoms with Crippen LogP contribution in [-0.4, -0.2) is 27.6 Å². The van der Waals surface area contributed by atoms with Crippen molar-refractivity contribution in [1.82, 2.24) is 15.0 Å². The molecule has 1 amide bonds. The predicted molar refractivity (Wildman–Crippen MR) is 91.2 cm³/mol. The molecule has 2 aromatic heterocycles. The minimum absolute atomic E-state index is 0.151. The van der Waals surface area contributed by atoms with E-state index in [1.165, 1.54) is 6.07 Å². The third kappa shape index (κ3) is 3.11. The van der Waals surface area contributed by atoms with Gasteiger partial charge in [0.15, 0.2) is 5.65 Å². The summed E-state index contributed by atoms with van der Waals surface area (Å²) < 4.78 is 0. The lowest BCUT2D eigenvalue weighted by Gasteiger charge is -2.22. The third-order valence-corrected chi connectivity index (χ3v) is 3.95. The summed E-state index contributed by atoms with van der Waals surface area (Å²) in [6, 6.07) is 8.54. The smallest absolute Gasteiger partial charge is 0.182 e. The van der Waals surface area contributed by atoms with E-state index in [-0.39, 0.29) is 23.0 Å². The summed E-state index contributed by atoms with van der Waals surface area (Å²) in [5.74, 6) is 0.151. The highest BCUT2D eigenvalue weighted by molar-refractivity contribution is 6.35. The molecule has 1 aromatic carbocycles. The van der Waals surface area contributed by atoms with Crippen LogP contribution in [0.15, 0.2) is 36.5 Å². The van der Waals surface area contributed by atoms with Crippen LogP contribution in [0.5, 0.6) is 0 Å². The first-order valence-corrected chi connectivity index (χ1v) is 7.83. The number of pyridine rings is 1. The van der Waals surface area contributed by atoms with Crippen LogP contribution in [0.3, 0.4) is 0 Å². The second kappa shape index (κ2) is 6.59. The highest BCUT2D eigenvalue weighted by atomic mass is 35.5. The lowest BCUT2D eigenvalue weighted by molar-refractivity contribution is -0.246. The zero-order valence-corrected chi connectivity index (χ0v) is 14.0. The van der Waals surface area contributed by atoms with Crippen LogP contribution in [0.1, 0.15) is 6.92 Å². The fraction of sp³-hybridized carbons (Fsp3) is 0.125. The van der Waals surface area contributed by atoms with Gasteiger partial charge in [-0.15, -0.1) is 0 Å². The number of amides is 1. The standard InChI is InChI=1S/C16H12Cl2N4O2/c1-2-22(16(23)24)13-7-11(18)14-15(21-13)20-12(8-19-14)9-3-5-10(17)6-4-9/h3-8H,2H2,1H3,(H,23,24)/p-1. The van der Waals surface area contributed by atoms with Crippen LogP contribution < -0.4 is 10.0 Å². The average molecular weight is 362 g/mol. The van der Waals surface area contributed by atoms with Gasteiger partial charge in [0.1, 0.15) is 17.4 Å². The molecular weight excluding hydrogens is 351 g/mol. The van der Waals surface area contributed by atoms with Crippen molar-refractivity contribution in [1.29, 1.82) is 0 Å². The van der Waals surface area contributed by atoms with E-state index in [9.17, 15) is 9.90 Å². The average Bonchev–Trinajstić information content (AvgIpc) is 2.55. The van der Waals surface area contributed by atoms with Gasteiger partial charge < -0.3 is 14.8 Å². The summed E-state index contributed by atoms with van der Waals surface area (Å²) in [6.45, 7) is 1.85. The van der Waals surface area contributed by atoms with E-state index in [1.54, 1.807) is 25.3 Å². The number of nitrogens with zero attached hydrogens (tertiary/aromatic N) is 4. The topological polar surface area (TPSA) is 82.0 Å². The molecule has 24 heavy (non-hydrogen) atoms. The molecule has 0 bridgehead atoms. The first kappa shape index (κ1) is 16.4. The highest BCUT2D eigenvalue weighted by Crippen LogP contribution is 2.27. The molecule has 0 spiro atoms. The van der Waals surface area contributed by atoms with E-state index in [2.05, 4.69) is 15.0 Å². The Morgan fingerprint density at radius 3 is 2.54 bits per heavy atom. The van der Waals surface area contributed by atoms with Crippen LogP contribution in [-0.2, 0) is 0 Å². The summed E-state index contributed by atoms with van der Waals surface area (Å²) in [6.07, 6.45) is 0.219. The Morgan fingerprint density at radius 2 is 1.92 bits per heavy atom. The second-order valence-electron chi connectivity index (χ2n) is 4.91. The number of hydrogen-bond donors (Lipinski definition) is 0. The molecule has 0 fully saturated rings. The summed E-state index contributed by atoms with van der Waals surface area (Å²) in [5.41, 5.74) is 2.04. The number of anilines is 1. The fourth-order valence-corrected chi connectivity index (χ4v) is 2.59. The van der Waals surface area contributed by atoms with Crippen molar-refractivity contribution in [3.8, 4) is 11.3 Å². The Bertz CT molecular complexity index is 916. The van der Waals surface area contributed by atoms with E-state index < -0.39 is 6.09 Å². The van der Waals surface area contributed by atoms with Crippen LogP contribution in [0.2, 0.25) is 10.0 Å². The number of carbonyl (C=O) groups excluding carboxylic acids is 1. The number of carboxylic acid groups (broad SMARTS) is 1. The number of aromatic nitrogens is 3. The van der Waals surface area contributed by atoms with Gasteiger partial charge >= 0.3 is 0 Å². The molecule has 2 heterocycles. The van der Waals surface area contributed by atoms with Crippen molar-refractivity contribution >= 4 is 46.3 Å². The van der Waals surface area contributed by atoms with Gasteiger partial charge in [0.05, 0.1) is 16.9 Å². The molecule has 6 nitrogen and oxygen atoms in total. The van der Waals surface area contributed by atoms with Gasteiger partial charge in [-0.05, 0) is 19.1 Å². The minimum atomic E-state index is -1.36. The first-order valence-electron chi connectivity index (χ1n) is 7.07. The van der Waals surface area contributed by atoms with E-state index in [1.807, 2.05) is 12.1 Å². The summed E-state index contributed by atoms with van der Waals surface area (Å²) in [4.78, 5) is 25.1. The first-order chi connectivity index (χ1) is 11.5. The zero-order chi connectivity index (χ0) is 17.3. The van der Waals surface area contributed by atoms with Crippen molar-refractivity contribution in [2.24, 2.45) is 0 Å².